The molecule has 1 aromatic heterocycles. The summed E-state index contributed by atoms with van der Waals surface area (Å²) < 4.78 is 10.6. The van der Waals surface area contributed by atoms with Crippen molar-refractivity contribution < 1.29 is 14.3 Å². The summed E-state index contributed by atoms with van der Waals surface area (Å²) in [5, 5.41) is 0. The smallest absolute Gasteiger partial charge is 0.222 e. The Bertz CT molecular complexity index is 720. The van der Waals surface area contributed by atoms with Crippen LogP contribution >= 0.6 is 0 Å². The molecule has 0 spiro atoms. The van der Waals surface area contributed by atoms with E-state index in [0.717, 1.165) is 30.8 Å². The molecule has 138 valence electrons. The SMILES string of the molecule is COCC1CN(C(=O)CCc2cccc(OC)c2)CC1c1ccncc1. The maximum absolute atomic E-state index is 12.7. The highest BCUT2D eigenvalue weighted by atomic mass is 16.5. The molecule has 1 aromatic carbocycles. The molecular formula is C21H26N2O3. The number of benzene rings is 1. The molecule has 1 saturated heterocycles. The van der Waals surface area contributed by atoms with Crippen molar-refractivity contribution in [1.29, 1.82) is 0 Å². The van der Waals surface area contributed by atoms with Gasteiger partial charge >= 0.3 is 0 Å². The second-order valence-electron chi connectivity index (χ2n) is 6.75. The molecule has 26 heavy (non-hydrogen) atoms. The van der Waals surface area contributed by atoms with Crippen LogP contribution in [0.2, 0.25) is 0 Å². The summed E-state index contributed by atoms with van der Waals surface area (Å²) in [4.78, 5) is 18.8. The van der Waals surface area contributed by atoms with Crippen LogP contribution in [0.3, 0.4) is 0 Å². The number of aromatic nitrogens is 1. The van der Waals surface area contributed by atoms with Gasteiger partial charge in [-0.05, 0) is 41.8 Å². The van der Waals surface area contributed by atoms with Gasteiger partial charge in [-0.3, -0.25) is 9.78 Å². The molecule has 0 radical (unpaired) electrons. The number of carbonyl (C=O) groups is 1. The van der Waals surface area contributed by atoms with Gasteiger partial charge in [-0.1, -0.05) is 12.1 Å². The van der Waals surface area contributed by atoms with E-state index in [9.17, 15) is 4.79 Å². The number of aryl methyl sites for hydroxylation is 1. The van der Waals surface area contributed by atoms with Gasteiger partial charge in [0.15, 0.2) is 0 Å². The Hall–Kier alpha value is -2.40. The van der Waals surface area contributed by atoms with Gasteiger partial charge in [-0.25, -0.2) is 0 Å². The summed E-state index contributed by atoms with van der Waals surface area (Å²) in [5.41, 5.74) is 2.35. The van der Waals surface area contributed by atoms with Crippen molar-refractivity contribution in [1.82, 2.24) is 9.88 Å². The first-order valence-corrected chi connectivity index (χ1v) is 9.01. The lowest BCUT2D eigenvalue weighted by Gasteiger charge is -2.17. The van der Waals surface area contributed by atoms with E-state index in [1.165, 1.54) is 5.56 Å². The summed E-state index contributed by atoms with van der Waals surface area (Å²) >= 11 is 0. The third-order valence-corrected chi connectivity index (χ3v) is 5.07. The van der Waals surface area contributed by atoms with Crippen LogP contribution in [0.5, 0.6) is 5.75 Å². The fraction of sp³-hybridized carbons (Fsp3) is 0.429. The van der Waals surface area contributed by atoms with Crippen molar-refractivity contribution in [3.05, 3.63) is 59.9 Å². The van der Waals surface area contributed by atoms with Crippen molar-refractivity contribution in [3.8, 4) is 5.75 Å². The highest BCUT2D eigenvalue weighted by molar-refractivity contribution is 5.77. The minimum Gasteiger partial charge on any atom is -0.497 e. The average molecular weight is 354 g/mol. The normalized spacial score (nSPS) is 19.5. The molecule has 2 unspecified atom stereocenters. The Balaban J connectivity index is 1.62. The van der Waals surface area contributed by atoms with Crippen LogP contribution in [0.4, 0.5) is 0 Å². The lowest BCUT2D eigenvalue weighted by atomic mass is 9.90. The zero-order valence-electron chi connectivity index (χ0n) is 15.4. The number of hydrogen-bond donors (Lipinski definition) is 0. The first kappa shape index (κ1) is 18.4. The molecule has 2 atom stereocenters. The second kappa shape index (κ2) is 8.81. The van der Waals surface area contributed by atoms with Gasteiger partial charge in [-0.15, -0.1) is 0 Å². The van der Waals surface area contributed by atoms with Crippen molar-refractivity contribution in [2.45, 2.75) is 18.8 Å². The molecule has 5 nitrogen and oxygen atoms in total. The van der Waals surface area contributed by atoms with Crippen molar-refractivity contribution in [2.75, 3.05) is 33.9 Å². The Morgan fingerprint density at radius 2 is 2.00 bits per heavy atom. The van der Waals surface area contributed by atoms with Crippen LogP contribution in [0, 0.1) is 5.92 Å². The number of ether oxygens (including phenoxy) is 2. The van der Waals surface area contributed by atoms with Crippen molar-refractivity contribution in [3.63, 3.8) is 0 Å². The van der Waals surface area contributed by atoms with E-state index >= 15 is 0 Å². The first-order chi connectivity index (χ1) is 12.7. The number of carbonyl (C=O) groups excluding carboxylic acids is 1. The summed E-state index contributed by atoms with van der Waals surface area (Å²) in [6, 6.07) is 12.0. The van der Waals surface area contributed by atoms with E-state index in [1.54, 1.807) is 14.2 Å². The van der Waals surface area contributed by atoms with Gasteiger partial charge in [0.25, 0.3) is 0 Å². The molecule has 1 amide bonds. The maximum Gasteiger partial charge on any atom is 0.222 e. The minimum atomic E-state index is 0.200. The molecule has 0 bridgehead atoms. The molecule has 1 aliphatic rings. The van der Waals surface area contributed by atoms with Gasteiger partial charge < -0.3 is 14.4 Å². The second-order valence-corrected chi connectivity index (χ2v) is 6.75. The quantitative estimate of drug-likeness (QED) is 0.767. The lowest BCUT2D eigenvalue weighted by molar-refractivity contribution is -0.130. The average Bonchev–Trinajstić information content (AvgIpc) is 3.11. The Morgan fingerprint density at radius 1 is 1.19 bits per heavy atom. The Morgan fingerprint density at radius 3 is 2.73 bits per heavy atom. The topological polar surface area (TPSA) is 51.7 Å². The van der Waals surface area contributed by atoms with Gasteiger partial charge in [0.1, 0.15) is 5.75 Å². The van der Waals surface area contributed by atoms with E-state index in [0.29, 0.717) is 24.9 Å². The van der Waals surface area contributed by atoms with Crippen LogP contribution in [-0.2, 0) is 16.0 Å². The molecule has 5 heteroatoms. The Labute approximate surface area is 155 Å². The lowest BCUT2D eigenvalue weighted by Crippen LogP contribution is -2.29. The molecule has 3 rings (SSSR count). The number of rotatable bonds is 7. The standard InChI is InChI=1S/C21H26N2O3/c1-25-15-18-13-23(14-20(18)17-8-10-22-11-9-17)21(24)7-6-16-4-3-5-19(12-16)26-2/h3-5,8-12,18,20H,6-7,13-15H2,1-2H3. The summed E-state index contributed by atoms with van der Waals surface area (Å²) in [6.07, 6.45) is 4.86. The zero-order chi connectivity index (χ0) is 18.4. The van der Waals surface area contributed by atoms with Crippen LogP contribution in [0.25, 0.3) is 0 Å². The highest BCUT2D eigenvalue weighted by Crippen LogP contribution is 2.33. The largest absolute Gasteiger partial charge is 0.497 e. The highest BCUT2D eigenvalue weighted by Gasteiger charge is 2.35. The van der Waals surface area contributed by atoms with E-state index in [2.05, 4.69) is 4.98 Å². The molecular weight excluding hydrogens is 328 g/mol. The number of amides is 1. The van der Waals surface area contributed by atoms with E-state index in [1.807, 2.05) is 53.7 Å². The molecule has 2 heterocycles. The Kier molecular flexibility index (Phi) is 6.23. The summed E-state index contributed by atoms with van der Waals surface area (Å²) in [7, 11) is 3.38. The first-order valence-electron chi connectivity index (χ1n) is 9.01. The predicted molar refractivity (Wildman–Crippen MR) is 100 cm³/mol. The molecule has 1 aliphatic heterocycles. The summed E-state index contributed by atoms with van der Waals surface area (Å²) in [6.45, 7) is 2.15. The number of hydrogen-bond acceptors (Lipinski definition) is 4. The van der Waals surface area contributed by atoms with Gasteiger partial charge in [0, 0.05) is 50.8 Å². The van der Waals surface area contributed by atoms with Crippen molar-refractivity contribution in [2.24, 2.45) is 5.92 Å². The third kappa shape index (κ3) is 4.41. The molecule has 0 saturated carbocycles. The van der Waals surface area contributed by atoms with E-state index in [4.69, 9.17) is 9.47 Å². The molecule has 1 fully saturated rings. The predicted octanol–water partition coefficient (Wildman–Crippen LogP) is 2.91. The number of likely N-dealkylation sites (tertiary alicyclic amines) is 1. The van der Waals surface area contributed by atoms with Crippen LogP contribution < -0.4 is 4.74 Å². The van der Waals surface area contributed by atoms with Crippen LogP contribution in [0.15, 0.2) is 48.8 Å². The molecule has 0 N–H and O–H groups in total. The van der Waals surface area contributed by atoms with Gasteiger partial charge in [-0.2, -0.15) is 0 Å². The van der Waals surface area contributed by atoms with Crippen molar-refractivity contribution >= 4 is 5.91 Å². The number of methoxy groups -OCH3 is 2. The van der Waals surface area contributed by atoms with E-state index in [-0.39, 0.29) is 5.91 Å². The minimum absolute atomic E-state index is 0.200. The molecule has 2 aromatic rings. The molecule has 0 aliphatic carbocycles. The zero-order valence-corrected chi connectivity index (χ0v) is 15.4. The maximum atomic E-state index is 12.7. The monoisotopic (exact) mass is 354 g/mol. The number of pyridine rings is 1. The fourth-order valence-electron chi connectivity index (χ4n) is 3.68. The fourth-order valence-corrected chi connectivity index (χ4v) is 3.68. The summed E-state index contributed by atoms with van der Waals surface area (Å²) in [5.74, 6) is 1.65. The van der Waals surface area contributed by atoms with Crippen LogP contribution in [-0.4, -0.2) is 49.7 Å². The van der Waals surface area contributed by atoms with E-state index < -0.39 is 0 Å². The van der Waals surface area contributed by atoms with Gasteiger partial charge in [0.2, 0.25) is 5.91 Å². The third-order valence-electron chi connectivity index (χ3n) is 5.07. The number of nitrogens with zero attached hydrogens (tertiary/aromatic N) is 2. The van der Waals surface area contributed by atoms with Crippen LogP contribution in [0.1, 0.15) is 23.5 Å². The van der Waals surface area contributed by atoms with Gasteiger partial charge in [0.05, 0.1) is 13.7 Å².